The highest BCUT2D eigenvalue weighted by atomic mass is 32.2. The molecule has 214 valence electrons. The Labute approximate surface area is 231 Å². The predicted molar refractivity (Wildman–Crippen MR) is 145 cm³/mol. The second kappa shape index (κ2) is 11.3. The first-order valence-electron chi connectivity index (χ1n) is 12.1. The fourth-order valence-electron chi connectivity index (χ4n) is 3.93. The number of fused-ring (bicyclic) bond motifs is 1. The summed E-state index contributed by atoms with van der Waals surface area (Å²) in [6.45, 7) is 5.97. The zero-order valence-electron chi connectivity index (χ0n) is 23.0. The molecule has 2 aromatic heterocycles. The smallest absolute Gasteiger partial charge is 0.407 e. The van der Waals surface area contributed by atoms with Crippen LogP contribution in [0.1, 0.15) is 31.9 Å². The molecule has 2 heterocycles. The Kier molecular flexibility index (Phi) is 8.09. The Morgan fingerprint density at radius 1 is 1.02 bits per heavy atom. The molecule has 0 aliphatic heterocycles. The zero-order valence-corrected chi connectivity index (χ0v) is 23.8. The maximum atomic E-state index is 13.3. The third-order valence-corrected chi connectivity index (χ3v) is 6.97. The first kappa shape index (κ1) is 28.5. The number of methoxy groups -OCH3 is 3. The van der Waals surface area contributed by atoms with Crippen LogP contribution in [0.25, 0.3) is 11.0 Å². The van der Waals surface area contributed by atoms with Crippen LogP contribution < -0.4 is 24.2 Å². The first-order chi connectivity index (χ1) is 18.9. The number of carbonyl (C=O) groups is 1. The molecule has 40 heavy (non-hydrogen) atoms. The van der Waals surface area contributed by atoms with Crippen LogP contribution in [0.3, 0.4) is 0 Å². The van der Waals surface area contributed by atoms with Gasteiger partial charge in [0, 0.05) is 18.3 Å². The normalized spacial score (nSPS) is 11.8. The Hall–Kier alpha value is -4.46. The van der Waals surface area contributed by atoms with Crippen LogP contribution in [0.2, 0.25) is 0 Å². The topological polar surface area (TPSA) is 156 Å². The number of amides is 1. The minimum Gasteiger partial charge on any atom is -0.496 e. The Balaban J connectivity index is 1.55. The third-order valence-electron chi connectivity index (χ3n) is 5.57. The van der Waals surface area contributed by atoms with Gasteiger partial charge in [-0.2, -0.15) is 5.10 Å². The van der Waals surface area contributed by atoms with Crippen molar-refractivity contribution in [3.8, 4) is 17.2 Å². The summed E-state index contributed by atoms with van der Waals surface area (Å²) in [6, 6.07) is 8.10. The SMILES string of the molecule is COc1cccc(OC)c1S(=O)(=O)Nc1noc2cc(Cn3cc(CNC(=O)OC(C)(C)C)cn3)cc(OC)c12. The van der Waals surface area contributed by atoms with Gasteiger partial charge in [-0.1, -0.05) is 11.2 Å². The molecule has 4 rings (SSSR count). The molecule has 0 bridgehead atoms. The van der Waals surface area contributed by atoms with Crippen LogP contribution in [-0.4, -0.2) is 56.4 Å². The highest BCUT2D eigenvalue weighted by Crippen LogP contribution is 2.38. The van der Waals surface area contributed by atoms with E-state index in [1.807, 2.05) is 0 Å². The summed E-state index contributed by atoms with van der Waals surface area (Å²) in [5.74, 6) is 0.501. The summed E-state index contributed by atoms with van der Waals surface area (Å²) in [6.07, 6.45) is 2.91. The predicted octanol–water partition coefficient (Wildman–Crippen LogP) is 3.92. The number of sulfonamides is 1. The number of nitrogens with one attached hydrogen (secondary N) is 2. The van der Waals surface area contributed by atoms with E-state index in [-0.39, 0.29) is 28.8 Å². The van der Waals surface area contributed by atoms with E-state index in [2.05, 4.69) is 20.3 Å². The number of hydrogen-bond donors (Lipinski definition) is 2. The molecule has 0 aliphatic rings. The van der Waals surface area contributed by atoms with Crippen molar-refractivity contribution in [2.45, 2.75) is 44.4 Å². The molecule has 0 radical (unpaired) electrons. The number of anilines is 1. The molecule has 0 spiro atoms. The molecule has 1 amide bonds. The quantitative estimate of drug-likeness (QED) is 0.285. The summed E-state index contributed by atoms with van der Waals surface area (Å²) < 4.78 is 57.6. The van der Waals surface area contributed by atoms with Crippen molar-refractivity contribution in [1.29, 1.82) is 0 Å². The van der Waals surface area contributed by atoms with Gasteiger partial charge in [0.15, 0.2) is 16.3 Å². The van der Waals surface area contributed by atoms with Crippen LogP contribution in [0, 0.1) is 0 Å². The lowest BCUT2D eigenvalue weighted by molar-refractivity contribution is 0.0523. The number of aromatic nitrogens is 3. The zero-order chi connectivity index (χ0) is 29.1. The fourth-order valence-corrected chi connectivity index (χ4v) is 5.26. The number of rotatable bonds is 10. The van der Waals surface area contributed by atoms with Crippen molar-refractivity contribution in [3.63, 3.8) is 0 Å². The lowest BCUT2D eigenvalue weighted by Crippen LogP contribution is -2.32. The lowest BCUT2D eigenvalue weighted by Gasteiger charge is -2.19. The Morgan fingerprint density at radius 3 is 2.33 bits per heavy atom. The highest BCUT2D eigenvalue weighted by Gasteiger charge is 2.28. The standard InChI is InChI=1S/C26H31N5O8S/c1-26(2,3)38-25(32)27-12-17-13-28-31(15-17)14-16-10-20(37-6)22-21(11-16)39-29-24(22)30-40(33,34)23-18(35-4)8-7-9-19(23)36-5/h7-11,13,15H,12,14H2,1-6H3,(H,27,32)(H,29,30). The molecule has 0 saturated carbocycles. The van der Waals surface area contributed by atoms with Gasteiger partial charge in [0.25, 0.3) is 10.0 Å². The molecule has 2 N–H and O–H groups in total. The van der Waals surface area contributed by atoms with Gasteiger partial charge < -0.3 is 28.8 Å². The van der Waals surface area contributed by atoms with Gasteiger partial charge in [-0.25, -0.2) is 13.2 Å². The largest absolute Gasteiger partial charge is 0.496 e. The lowest BCUT2D eigenvalue weighted by atomic mass is 10.1. The van der Waals surface area contributed by atoms with Crippen LogP contribution in [0.5, 0.6) is 17.2 Å². The van der Waals surface area contributed by atoms with E-state index >= 15 is 0 Å². The number of hydrogen-bond acceptors (Lipinski definition) is 10. The van der Waals surface area contributed by atoms with Crippen molar-refractivity contribution in [3.05, 3.63) is 53.9 Å². The maximum absolute atomic E-state index is 13.3. The number of nitrogens with zero attached hydrogens (tertiary/aromatic N) is 3. The molecule has 0 atom stereocenters. The molecule has 2 aromatic carbocycles. The summed E-state index contributed by atoms with van der Waals surface area (Å²) in [5, 5.41) is 11.3. The number of carbonyl (C=O) groups excluding carboxylic acids is 1. The van der Waals surface area contributed by atoms with Gasteiger partial charge in [-0.3, -0.25) is 9.40 Å². The minimum atomic E-state index is -4.19. The molecule has 0 aliphatic carbocycles. The van der Waals surface area contributed by atoms with Crippen molar-refractivity contribution in [1.82, 2.24) is 20.3 Å². The average Bonchev–Trinajstić information content (AvgIpc) is 3.51. The molecule has 0 fully saturated rings. The monoisotopic (exact) mass is 573 g/mol. The molecule has 14 heteroatoms. The summed E-state index contributed by atoms with van der Waals surface area (Å²) in [4.78, 5) is 11.7. The van der Waals surface area contributed by atoms with Crippen LogP contribution >= 0.6 is 0 Å². The van der Waals surface area contributed by atoms with E-state index in [1.54, 1.807) is 56.0 Å². The Bertz CT molecular complexity index is 1600. The van der Waals surface area contributed by atoms with Crippen LogP contribution in [-0.2, 0) is 27.8 Å². The van der Waals surface area contributed by atoms with Gasteiger partial charge in [-0.15, -0.1) is 0 Å². The molecule has 0 unspecified atom stereocenters. The van der Waals surface area contributed by atoms with Crippen LogP contribution in [0.4, 0.5) is 10.6 Å². The highest BCUT2D eigenvalue weighted by molar-refractivity contribution is 7.93. The van der Waals surface area contributed by atoms with Crippen molar-refractivity contribution >= 4 is 32.9 Å². The summed E-state index contributed by atoms with van der Waals surface area (Å²) >= 11 is 0. The van der Waals surface area contributed by atoms with Crippen LogP contribution in [0.15, 0.2) is 52.1 Å². The molecular weight excluding hydrogens is 542 g/mol. The first-order valence-corrected chi connectivity index (χ1v) is 13.6. The number of benzene rings is 2. The fraction of sp³-hybridized carbons (Fsp3) is 0.346. The number of alkyl carbamates (subject to hydrolysis) is 1. The third kappa shape index (κ3) is 6.39. The Morgan fingerprint density at radius 2 is 1.70 bits per heavy atom. The second-order valence-electron chi connectivity index (χ2n) is 9.70. The van der Waals surface area contributed by atoms with Crippen molar-refractivity contribution < 1.29 is 36.7 Å². The summed E-state index contributed by atoms with van der Waals surface area (Å²) in [5.41, 5.74) is 1.25. The van der Waals surface area contributed by atoms with Crippen molar-refractivity contribution in [2.24, 2.45) is 0 Å². The van der Waals surface area contributed by atoms with Crippen molar-refractivity contribution in [2.75, 3.05) is 26.1 Å². The molecular formula is C26H31N5O8S. The van der Waals surface area contributed by atoms with Gasteiger partial charge in [0.2, 0.25) is 0 Å². The van der Waals surface area contributed by atoms with E-state index < -0.39 is 21.7 Å². The van der Waals surface area contributed by atoms with Gasteiger partial charge >= 0.3 is 6.09 Å². The van der Waals surface area contributed by atoms with E-state index in [0.717, 1.165) is 11.1 Å². The summed E-state index contributed by atoms with van der Waals surface area (Å²) in [7, 11) is -0.00424. The second-order valence-corrected chi connectivity index (χ2v) is 11.3. The van der Waals surface area contributed by atoms with E-state index in [4.69, 9.17) is 23.5 Å². The van der Waals surface area contributed by atoms with E-state index in [9.17, 15) is 13.2 Å². The number of ether oxygens (including phenoxy) is 4. The van der Waals surface area contributed by atoms with E-state index in [0.29, 0.717) is 23.3 Å². The minimum absolute atomic E-state index is 0.0547. The molecule has 13 nitrogen and oxygen atoms in total. The van der Waals surface area contributed by atoms with Gasteiger partial charge in [0.1, 0.15) is 28.2 Å². The average molecular weight is 574 g/mol. The van der Waals surface area contributed by atoms with Gasteiger partial charge in [-0.05, 0) is 50.6 Å². The maximum Gasteiger partial charge on any atom is 0.407 e. The molecule has 4 aromatic rings. The van der Waals surface area contributed by atoms with E-state index in [1.165, 1.54) is 33.5 Å². The van der Waals surface area contributed by atoms with Gasteiger partial charge in [0.05, 0.1) is 34.1 Å². The molecule has 0 saturated heterocycles.